The van der Waals surface area contributed by atoms with Gasteiger partial charge in [0.15, 0.2) is 0 Å². The van der Waals surface area contributed by atoms with Crippen LogP contribution < -0.4 is 5.73 Å². The highest BCUT2D eigenvalue weighted by molar-refractivity contribution is 5.80. The second kappa shape index (κ2) is 2.85. The Balaban J connectivity index is 2.55. The fourth-order valence-electron chi connectivity index (χ4n) is 1.34. The van der Waals surface area contributed by atoms with Crippen LogP contribution in [0.5, 0.6) is 0 Å². The summed E-state index contributed by atoms with van der Waals surface area (Å²) >= 11 is 0. The molecule has 1 aliphatic rings. The molecule has 0 spiro atoms. The maximum atomic E-state index is 12.8. The predicted molar refractivity (Wildman–Crippen MR) is 36.3 cm³/mol. The minimum Gasteiger partial charge on any atom is -0.325 e. The van der Waals surface area contributed by atoms with Gasteiger partial charge in [0, 0.05) is 18.8 Å². The van der Waals surface area contributed by atoms with Gasteiger partial charge < -0.3 is 5.73 Å². The standard InChI is InChI=1S/C7H11F2NO/c8-7(9,4-10)5-1-2-6(11)3-5/h5H,1-4,10H2/t5-/m1/s1. The molecule has 2 N–H and O–H groups in total. The molecule has 1 saturated carbocycles. The van der Waals surface area contributed by atoms with Crippen molar-refractivity contribution in [1.82, 2.24) is 0 Å². The van der Waals surface area contributed by atoms with E-state index in [1.165, 1.54) is 0 Å². The molecule has 0 aromatic rings. The second-order valence-electron chi connectivity index (χ2n) is 2.94. The van der Waals surface area contributed by atoms with E-state index < -0.39 is 18.4 Å². The van der Waals surface area contributed by atoms with Crippen molar-refractivity contribution in [3.05, 3.63) is 0 Å². The molecule has 1 rings (SSSR count). The average molecular weight is 163 g/mol. The van der Waals surface area contributed by atoms with E-state index in [4.69, 9.17) is 5.73 Å². The number of halogens is 2. The first-order chi connectivity index (χ1) is 5.06. The zero-order valence-electron chi connectivity index (χ0n) is 6.15. The molecule has 0 aliphatic heterocycles. The number of alkyl halides is 2. The molecule has 0 aromatic heterocycles. The van der Waals surface area contributed by atoms with Gasteiger partial charge in [-0.25, -0.2) is 8.78 Å². The Morgan fingerprint density at radius 2 is 2.27 bits per heavy atom. The third-order valence-electron chi connectivity index (χ3n) is 2.12. The van der Waals surface area contributed by atoms with Crippen LogP contribution in [0.25, 0.3) is 0 Å². The Hall–Kier alpha value is -0.510. The lowest BCUT2D eigenvalue weighted by Crippen LogP contribution is -2.35. The van der Waals surface area contributed by atoms with Crippen LogP contribution in [0, 0.1) is 5.92 Å². The highest BCUT2D eigenvalue weighted by Gasteiger charge is 2.42. The number of hydrogen-bond acceptors (Lipinski definition) is 2. The fraction of sp³-hybridized carbons (Fsp3) is 0.857. The molecule has 0 aromatic carbocycles. The van der Waals surface area contributed by atoms with E-state index in [-0.39, 0.29) is 12.2 Å². The summed E-state index contributed by atoms with van der Waals surface area (Å²) in [5.74, 6) is -3.71. The quantitative estimate of drug-likeness (QED) is 0.658. The number of Topliss-reactive ketones (excluding diaryl/α,β-unsaturated/α-hetero) is 1. The van der Waals surface area contributed by atoms with Crippen LogP contribution in [0.15, 0.2) is 0 Å². The average Bonchev–Trinajstić information content (AvgIpc) is 2.36. The van der Waals surface area contributed by atoms with Crippen LogP contribution in [0.3, 0.4) is 0 Å². The van der Waals surface area contributed by atoms with Gasteiger partial charge in [0.25, 0.3) is 5.92 Å². The topological polar surface area (TPSA) is 43.1 Å². The molecule has 1 fully saturated rings. The molecule has 0 unspecified atom stereocenters. The van der Waals surface area contributed by atoms with Crippen LogP contribution in [-0.4, -0.2) is 18.3 Å². The van der Waals surface area contributed by atoms with Crippen LogP contribution in [-0.2, 0) is 4.79 Å². The SMILES string of the molecule is NCC(F)(F)[C@@H]1CCC(=O)C1. The molecule has 0 amide bonds. The Labute approximate surface area is 63.8 Å². The van der Waals surface area contributed by atoms with Crippen molar-refractivity contribution in [1.29, 1.82) is 0 Å². The molecular weight excluding hydrogens is 152 g/mol. The van der Waals surface area contributed by atoms with Gasteiger partial charge in [-0.1, -0.05) is 0 Å². The summed E-state index contributed by atoms with van der Waals surface area (Å²) in [5.41, 5.74) is 4.87. The summed E-state index contributed by atoms with van der Waals surface area (Å²) in [6, 6.07) is 0. The number of rotatable bonds is 2. The fourth-order valence-corrected chi connectivity index (χ4v) is 1.34. The Morgan fingerprint density at radius 3 is 2.64 bits per heavy atom. The van der Waals surface area contributed by atoms with Gasteiger partial charge in [0.1, 0.15) is 5.78 Å². The van der Waals surface area contributed by atoms with Crippen molar-refractivity contribution in [3.63, 3.8) is 0 Å². The van der Waals surface area contributed by atoms with E-state index in [1.807, 2.05) is 0 Å². The first-order valence-corrected chi connectivity index (χ1v) is 3.66. The van der Waals surface area contributed by atoms with Crippen molar-refractivity contribution in [2.24, 2.45) is 11.7 Å². The third-order valence-corrected chi connectivity index (χ3v) is 2.12. The van der Waals surface area contributed by atoms with Crippen LogP contribution in [0.2, 0.25) is 0 Å². The van der Waals surface area contributed by atoms with Crippen molar-refractivity contribution < 1.29 is 13.6 Å². The van der Waals surface area contributed by atoms with Crippen LogP contribution >= 0.6 is 0 Å². The first-order valence-electron chi connectivity index (χ1n) is 3.66. The number of hydrogen-bond donors (Lipinski definition) is 1. The van der Waals surface area contributed by atoms with Gasteiger partial charge in [-0.15, -0.1) is 0 Å². The highest BCUT2D eigenvalue weighted by atomic mass is 19.3. The smallest absolute Gasteiger partial charge is 0.263 e. The molecule has 11 heavy (non-hydrogen) atoms. The van der Waals surface area contributed by atoms with Gasteiger partial charge in [0.05, 0.1) is 6.54 Å². The monoisotopic (exact) mass is 163 g/mol. The Bertz CT molecular complexity index is 170. The van der Waals surface area contributed by atoms with E-state index in [1.54, 1.807) is 0 Å². The van der Waals surface area contributed by atoms with Crippen molar-refractivity contribution >= 4 is 5.78 Å². The summed E-state index contributed by atoms with van der Waals surface area (Å²) in [6.07, 6.45) is 0.591. The molecule has 64 valence electrons. The summed E-state index contributed by atoms with van der Waals surface area (Å²) in [4.78, 5) is 10.6. The third kappa shape index (κ3) is 1.74. The van der Waals surface area contributed by atoms with E-state index >= 15 is 0 Å². The Kier molecular flexibility index (Phi) is 2.23. The van der Waals surface area contributed by atoms with Crippen LogP contribution in [0.1, 0.15) is 19.3 Å². The lowest BCUT2D eigenvalue weighted by Gasteiger charge is -2.19. The molecule has 2 nitrogen and oxygen atoms in total. The van der Waals surface area contributed by atoms with Crippen molar-refractivity contribution in [2.45, 2.75) is 25.2 Å². The maximum absolute atomic E-state index is 12.8. The van der Waals surface area contributed by atoms with Gasteiger partial charge >= 0.3 is 0 Å². The number of nitrogens with two attached hydrogens (primary N) is 1. The molecular formula is C7H11F2NO. The van der Waals surface area contributed by atoms with E-state index in [0.717, 1.165) is 0 Å². The normalized spacial score (nSPS) is 26.1. The molecule has 1 atom stereocenters. The zero-order valence-corrected chi connectivity index (χ0v) is 6.15. The first kappa shape index (κ1) is 8.59. The Morgan fingerprint density at radius 1 is 1.64 bits per heavy atom. The molecule has 0 radical (unpaired) electrons. The molecule has 0 saturated heterocycles. The molecule has 0 heterocycles. The molecule has 1 aliphatic carbocycles. The molecule has 4 heteroatoms. The summed E-state index contributed by atoms with van der Waals surface area (Å²) in [7, 11) is 0. The van der Waals surface area contributed by atoms with E-state index in [2.05, 4.69) is 0 Å². The zero-order chi connectivity index (χ0) is 8.48. The summed E-state index contributed by atoms with van der Waals surface area (Å²) < 4.78 is 25.5. The predicted octanol–water partition coefficient (Wildman–Crippen LogP) is 0.950. The summed E-state index contributed by atoms with van der Waals surface area (Å²) in [5, 5.41) is 0. The minimum atomic E-state index is -2.84. The van der Waals surface area contributed by atoms with Gasteiger partial charge in [-0.3, -0.25) is 4.79 Å². The minimum absolute atomic E-state index is 0.00417. The van der Waals surface area contributed by atoms with Gasteiger partial charge in [-0.05, 0) is 6.42 Å². The number of carbonyl (C=O) groups excluding carboxylic acids is 1. The lowest BCUT2D eigenvalue weighted by atomic mass is 10.0. The van der Waals surface area contributed by atoms with Crippen molar-refractivity contribution in [3.8, 4) is 0 Å². The summed E-state index contributed by atoms with van der Waals surface area (Å²) in [6.45, 7) is -0.648. The number of ketones is 1. The maximum Gasteiger partial charge on any atom is 0.263 e. The highest BCUT2D eigenvalue weighted by Crippen LogP contribution is 2.35. The van der Waals surface area contributed by atoms with E-state index in [0.29, 0.717) is 12.8 Å². The van der Waals surface area contributed by atoms with Crippen LogP contribution in [0.4, 0.5) is 8.78 Å². The van der Waals surface area contributed by atoms with Crippen molar-refractivity contribution in [2.75, 3.05) is 6.54 Å². The number of carbonyl (C=O) groups is 1. The lowest BCUT2D eigenvalue weighted by molar-refractivity contribution is -0.119. The largest absolute Gasteiger partial charge is 0.325 e. The van der Waals surface area contributed by atoms with Gasteiger partial charge in [-0.2, -0.15) is 0 Å². The van der Waals surface area contributed by atoms with E-state index in [9.17, 15) is 13.6 Å². The van der Waals surface area contributed by atoms with Gasteiger partial charge in [0.2, 0.25) is 0 Å². The second-order valence-corrected chi connectivity index (χ2v) is 2.94. The molecule has 0 bridgehead atoms.